The van der Waals surface area contributed by atoms with Gasteiger partial charge in [-0.2, -0.15) is 0 Å². The van der Waals surface area contributed by atoms with E-state index in [4.69, 9.17) is 0 Å². The molecule has 1 N–H and O–H groups in total. The summed E-state index contributed by atoms with van der Waals surface area (Å²) in [5.41, 5.74) is 2.15. The van der Waals surface area contributed by atoms with Crippen LogP contribution in [0, 0.1) is 18.6 Å². The molecule has 0 spiro atoms. The zero-order valence-corrected chi connectivity index (χ0v) is 11.9. The normalized spacial score (nSPS) is 12.5. The zero-order chi connectivity index (χ0) is 14.0. The molecule has 19 heavy (non-hydrogen) atoms. The van der Waals surface area contributed by atoms with Crippen molar-refractivity contribution in [2.75, 3.05) is 0 Å². The summed E-state index contributed by atoms with van der Waals surface area (Å²) in [4.78, 5) is 0. The van der Waals surface area contributed by atoms with E-state index < -0.39 is 6.10 Å². The fraction of sp³-hybridized carbons (Fsp3) is 0.200. The lowest BCUT2D eigenvalue weighted by Gasteiger charge is -2.15. The number of hydrogen-bond donors (Lipinski definition) is 1. The van der Waals surface area contributed by atoms with Crippen LogP contribution in [0.4, 0.5) is 8.78 Å². The van der Waals surface area contributed by atoms with Crippen LogP contribution in [0.5, 0.6) is 0 Å². The van der Waals surface area contributed by atoms with Gasteiger partial charge in [0.15, 0.2) is 0 Å². The Morgan fingerprint density at radius 1 is 1.11 bits per heavy atom. The molecule has 0 bridgehead atoms. The van der Waals surface area contributed by atoms with Gasteiger partial charge in [0.1, 0.15) is 11.6 Å². The Bertz CT molecular complexity index is 599. The smallest absolute Gasteiger partial charge is 0.124 e. The number of aryl methyl sites for hydroxylation is 1. The molecule has 100 valence electrons. The highest BCUT2D eigenvalue weighted by Gasteiger charge is 2.14. The molecule has 1 atom stereocenters. The number of benzene rings is 2. The molecule has 2 aromatic carbocycles. The van der Waals surface area contributed by atoms with E-state index in [2.05, 4.69) is 15.9 Å². The predicted molar refractivity (Wildman–Crippen MR) is 73.9 cm³/mol. The molecule has 0 aliphatic heterocycles. The molecule has 0 heterocycles. The van der Waals surface area contributed by atoms with Crippen molar-refractivity contribution in [3.8, 4) is 0 Å². The monoisotopic (exact) mass is 326 g/mol. The first kappa shape index (κ1) is 14.2. The standard InChI is InChI=1S/C15H13BrF2O/c1-9-2-4-11(17)7-13(9)15(19)6-10-3-5-12(18)8-14(10)16/h2-5,7-8,15,19H,6H2,1H3. The maximum Gasteiger partial charge on any atom is 0.124 e. The van der Waals surface area contributed by atoms with E-state index in [1.54, 1.807) is 12.1 Å². The van der Waals surface area contributed by atoms with Crippen LogP contribution in [0.3, 0.4) is 0 Å². The molecular formula is C15H13BrF2O. The van der Waals surface area contributed by atoms with Crippen molar-refractivity contribution in [1.29, 1.82) is 0 Å². The van der Waals surface area contributed by atoms with Crippen molar-refractivity contribution in [2.24, 2.45) is 0 Å². The van der Waals surface area contributed by atoms with Crippen LogP contribution in [0.2, 0.25) is 0 Å². The lowest BCUT2D eigenvalue weighted by Crippen LogP contribution is -2.05. The van der Waals surface area contributed by atoms with E-state index in [-0.39, 0.29) is 11.6 Å². The first-order chi connectivity index (χ1) is 8.97. The van der Waals surface area contributed by atoms with Crippen molar-refractivity contribution in [3.63, 3.8) is 0 Å². The van der Waals surface area contributed by atoms with Gasteiger partial charge in [0.2, 0.25) is 0 Å². The van der Waals surface area contributed by atoms with Crippen LogP contribution in [0.25, 0.3) is 0 Å². The van der Waals surface area contributed by atoms with E-state index >= 15 is 0 Å². The molecule has 0 fully saturated rings. The second-order valence-electron chi connectivity index (χ2n) is 4.46. The molecule has 0 saturated heterocycles. The Morgan fingerprint density at radius 2 is 1.74 bits per heavy atom. The summed E-state index contributed by atoms with van der Waals surface area (Å²) in [6.07, 6.45) is -0.525. The van der Waals surface area contributed by atoms with E-state index in [9.17, 15) is 13.9 Å². The summed E-state index contributed by atoms with van der Waals surface area (Å²) in [6.45, 7) is 1.82. The van der Waals surface area contributed by atoms with Gasteiger partial charge in [-0.25, -0.2) is 8.78 Å². The van der Waals surface area contributed by atoms with Crippen LogP contribution in [-0.2, 0) is 6.42 Å². The lowest BCUT2D eigenvalue weighted by molar-refractivity contribution is 0.177. The highest BCUT2D eigenvalue weighted by molar-refractivity contribution is 9.10. The molecule has 0 amide bonds. The van der Waals surface area contributed by atoms with Gasteiger partial charge >= 0.3 is 0 Å². The maximum atomic E-state index is 13.2. The topological polar surface area (TPSA) is 20.2 Å². The minimum absolute atomic E-state index is 0.297. The van der Waals surface area contributed by atoms with E-state index in [0.29, 0.717) is 16.5 Å². The van der Waals surface area contributed by atoms with Crippen LogP contribution < -0.4 is 0 Å². The molecule has 0 aliphatic rings. The van der Waals surface area contributed by atoms with E-state index in [1.807, 2.05) is 6.92 Å². The van der Waals surface area contributed by atoms with Gasteiger partial charge in [-0.15, -0.1) is 0 Å². The van der Waals surface area contributed by atoms with Gasteiger partial charge < -0.3 is 5.11 Å². The van der Waals surface area contributed by atoms with Gasteiger partial charge in [-0.05, 0) is 47.9 Å². The van der Waals surface area contributed by atoms with Gasteiger partial charge in [-0.1, -0.05) is 28.1 Å². The molecule has 0 aromatic heterocycles. The van der Waals surface area contributed by atoms with Crippen LogP contribution >= 0.6 is 15.9 Å². The molecule has 0 aliphatic carbocycles. The third-order valence-electron chi connectivity index (χ3n) is 3.03. The number of halogens is 3. The predicted octanol–water partition coefficient (Wildman–Crippen LogP) is 4.31. The Balaban J connectivity index is 2.25. The summed E-state index contributed by atoms with van der Waals surface area (Å²) in [7, 11) is 0. The number of rotatable bonds is 3. The first-order valence-corrected chi connectivity index (χ1v) is 6.64. The molecule has 4 heteroatoms. The largest absolute Gasteiger partial charge is 0.388 e. The second kappa shape index (κ2) is 5.80. The summed E-state index contributed by atoms with van der Waals surface area (Å²) in [6, 6.07) is 8.62. The van der Waals surface area contributed by atoms with E-state index in [1.165, 1.54) is 24.3 Å². The summed E-state index contributed by atoms with van der Waals surface area (Å²) in [5, 5.41) is 10.2. The Labute approximate surface area is 119 Å². The molecule has 2 aromatic rings. The van der Waals surface area contributed by atoms with Gasteiger partial charge in [0.05, 0.1) is 6.10 Å². The molecular weight excluding hydrogens is 314 g/mol. The van der Waals surface area contributed by atoms with Crippen molar-refractivity contribution < 1.29 is 13.9 Å². The highest BCUT2D eigenvalue weighted by Crippen LogP contribution is 2.26. The summed E-state index contributed by atoms with van der Waals surface area (Å²) >= 11 is 3.26. The molecule has 0 radical (unpaired) electrons. The average molecular weight is 327 g/mol. The summed E-state index contributed by atoms with van der Waals surface area (Å²) in [5.74, 6) is -0.718. The van der Waals surface area contributed by atoms with Crippen LogP contribution in [0.1, 0.15) is 22.8 Å². The third kappa shape index (κ3) is 3.39. The highest BCUT2D eigenvalue weighted by atomic mass is 79.9. The average Bonchev–Trinajstić information content (AvgIpc) is 2.35. The van der Waals surface area contributed by atoms with Crippen molar-refractivity contribution in [1.82, 2.24) is 0 Å². The first-order valence-electron chi connectivity index (χ1n) is 5.85. The number of hydrogen-bond acceptors (Lipinski definition) is 1. The van der Waals surface area contributed by atoms with Crippen LogP contribution in [0.15, 0.2) is 40.9 Å². The lowest BCUT2D eigenvalue weighted by atomic mass is 9.97. The quantitative estimate of drug-likeness (QED) is 0.891. The minimum Gasteiger partial charge on any atom is -0.388 e. The Hall–Kier alpha value is -1.26. The summed E-state index contributed by atoms with van der Waals surface area (Å²) < 4.78 is 26.8. The van der Waals surface area contributed by atoms with Crippen molar-refractivity contribution >= 4 is 15.9 Å². The molecule has 1 unspecified atom stereocenters. The SMILES string of the molecule is Cc1ccc(F)cc1C(O)Cc1ccc(F)cc1Br. The molecule has 2 rings (SSSR count). The van der Waals surface area contributed by atoms with E-state index in [0.717, 1.165) is 11.1 Å². The molecule has 0 saturated carbocycles. The number of aliphatic hydroxyl groups excluding tert-OH is 1. The third-order valence-corrected chi connectivity index (χ3v) is 3.77. The number of aliphatic hydroxyl groups is 1. The Morgan fingerprint density at radius 3 is 2.42 bits per heavy atom. The van der Waals surface area contributed by atoms with Gasteiger partial charge in [0, 0.05) is 10.9 Å². The fourth-order valence-electron chi connectivity index (χ4n) is 1.98. The van der Waals surface area contributed by atoms with Crippen LogP contribution in [-0.4, -0.2) is 5.11 Å². The van der Waals surface area contributed by atoms with Gasteiger partial charge in [-0.3, -0.25) is 0 Å². The zero-order valence-electron chi connectivity index (χ0n) is 10.3. The van der Waals surface area contributed by atoms with Gasteiger partial charge in [0.25, 0.3) is 0 Å². The minimum atomic E-state index is -0.822. The van der Waals surface area contributed by atoms with Crippen molar-refractivity contribution in [3.05, 3.63) is 69.2 Å². The fourth-order valence-corrected chi connectivity index (χ4v) is 2.49. The Kier molecular flexibility index (Phi) is 4.32. The van der Waals surface area contributed by atoms with Crippen molar-refractivity contribution in [2.45, 2.75) is 19.4 Å². The second-order valence-corrected chi connectivity index (χ2v) is 5.31. The molecule has 1 nitrogen and oxygen atoms in total. The maximum absolute atomic E-state index is 13.2.